The summed E-state index contributed by atoms with van der Waals surface area (Å²) in [5.74, 6) is 0.517. The topological polar surface area (TPSA) is 54.5 Å². The van der Waals surface area contributed by atoms with Gasteiger partial charge in [0.05, 0.1) is 0 Å². The van der Waals surface area contributed by atoms with Gasteiger partial charge in [0.25, 0.3) is 5.91 Å². The van der Waals surface area contributed by atoms with E-state index in [4.69, 9.17) is 4.42 Å². The molecule has 1 aliphatic rings. The Bertz CT molecular complexity index is 976. The van der Waals surface area contributed by atoms with Crippen molar-refractivity contribution >= 4 is 5.91 Å². The van der Waals surface area contributed by atoms with Gasteiger partial charge < -0.3 is 13.9 Å². The van der Waals surface area contributed by atoms with Crippen molar-refractivity contribution in [2.24, 2.45) is 0 Å². The SMILES string of the molecule is Cc1ccccc1-c1ocnc1C(=O)N1CCN(CCn2c(C)ccc2C)CC1. The number of carbonyl (C=O) groups is 1. The molecule has 0 spiro atoms. The van der Waals surface area contributed by atoms with E-state index in [0.717, 1.165) is 37.3 Å². The van der Waals surface area contributed by atoms with E-state index in [1.807, 2.05) is 36.1 Å². The average molecular weight is 393 g/mol. The van der Waals surface area contributed by atoms with Crippen molar-refractivity contribution in [2.45, 2.75) is 27.3 Å². The summed E-state index contributed by atoms with van der Waals surface area (Å²) in [5, 5.41) is 0. The van der Waals surface area contributed by atoms with Crippen LogP contribution in [0.4, 0.5) is 0 Å². The van der Waals surface area contributed by atoms with E-state index in [0.29, 0.717) is 24.5 Å². The first-order valence-electron chi connectivity index (χ1n) is 10.2. The van der Waals surface area contributed by atoms with Gasteiger partial charge in [0.15, 0.2) is 17.8 Å². The van der Waals surface area contributed by atoms with E-state index < -0.39 is 0 Å². The lowest BCUT2D eigenvalue weighted by Gasteiger charge is -2.34. The summed E-state index contributed by atoms with van der Waals surface area (Å²) >= 11 is 0. The quantitative estimate of drug-likeness (QED) is 0.667. The summed E-state index contributed by atoms with van der Waals surface area (Å²) in [7, 11) is 0. The highest BCUT2D eigenvalue weighted by atomic mass is 16.3. The van der Waals surface area contributed by atoms with Crippen molar-refractivity contribution in [3.05, 3.63) is 65.4 Å². The molecule has 152 valence electrons. The molecule has 0 N–H and O–H groups in total. The van der Waals surface area contributed by atoms with Gasteiger partial charge in [-0.25, -0.2) is 4.98 Å². The number of amides is 1. The van der Waals surface area contributed by atoms with Crippen LogP contribution in [0.1, 0.15) is 27.4 Å². The second kappa shape index (κ2) is 8.25. The molecule has 0 unspecified atom stereocenters. The maximum atomic E-state index is 13.1. The van der Waals surface area contributed by atoms with E-state index >= 15 is 0 Å². The average Bonchev–Trinajstić information content (AvgIpc) is 3.34. The van der Waals surface area contributed by atoms with Gasteiger partial charge in [0, 0.05) is 56.2 Å². The molecule has 3 heterocycles. The molecule has 0 aliphatic carbocycles. The number of aryl methyl sites for hydroxylation is 3. The van der Waals surface area contributed by atoms with Gasteiger partial charge >= 0.3 is 0 Å². The van der Waals surface area contributed by atoms with Crippen LogP contribution in [0.5, 0.6) is 0 Å². The monoisotopic (exact) mass is 392 g/mol. The van der Waals surface area contributed by atoms with E-state index in [2.05, 4.69) is 40.4 Å². The Kier molecular flexibility index (Phi) is 5.53. The zero-order valence-electron chi connectivity index (χ0n) is 17.4. The minimum absolute atomic E-state index is 0.0475. The minimum atomic E-state index is -0.0475. The van der Waals surface area contributed by atoms with Crippen molar-refractivity contribution in [3.63, 3.8) is 0 Å². The Morgan fingerprint density at radius 3 is 2.34 bits per heavy atom. The molecule has 3 aromatic rings. The number of hydrogen-bond donors (Lipinski definition) is 0. The summed E-state index contributed by atoms with van der Waals surface area (Å²) < 4.78 is 7.94. The molecule has 0 radical (unpaired) electrons. The molecule has 1 aliphatic heterocycles. The Labute approximate surface area is 171 Å². The first kappa shape index (κ1) is 19.5. The largest absolute Gasteiger partial charge is 0.443 e. The molecule has 29 heavy (non-hydrogen) atoms. The highest BCUT2D eigenvalue weighted by molar-refractivity contribution is 5.98. The summed E-state index contributed by atoms with van der Waals surface area (Å²) in [6.07, 6.45) is 1.37. The molecule has 0 atom stereocenters. The van der Waals surface area contributed by atoms with Crippen LogP contribution >= 0.6 is 0 Å². The first-order chi connectivity index (χ1) is 14.0. The molecule has 6 heteroatoms. The Balaban J connectivity index is 1.38. The van der Waals surface area contributed by atoms with Crippen LogP contribution in [0.3, 0.4) is 0 Å². The van der Waals surface area contributed by atoms with Crippen LogP contribution in [0.2, 0.25) is 0 Å². The van der Waals surface area contributed by atoms with Crippen molar-refractivity contribution < 1.29 is 9.21 Å². The zero-order chi connectivity index (χ0) is 20.4. The van der Waals surface area contributed by atoms with Crippen LogP contribution in [0, 0.1) is 20.8 Å². The van der Waals surface area contributed by atoms with Gasteiger partial charge in [0.2, 0.25) is 0 Å². The maximum Gasteiger partial charge on any atom is 0.276 e. The number of aromatic nitrogens is 2. The molecule has 6 nitrogen and oxygen atoms in total. The number of oxazole rings is 1. The molecule has 0 bridgehead atoms. The van der Waals surface area contributed by atoms with E-state index in [1.54, 1.807) is 0 Å². The van der Waals surface area contributed by atoms with Crippen molar-refractivity contribution in [2.75, 3.05) is 32.7 Å². The standard InChI is InChI=1S/C23H28N4O2/c1-17-6-4-5-7-20(17)22-21(24-16-29-22)23(28)26-13-10-25(11-14-26)12-15-27-18(2)8-9-19(27)3/h4-9,16H,10-15H2,1-3H3. The molecule has 4 rings (SSSR count). The Morgan fingerprint density at radius 1 is 0.966 bits per heavy atom. The Hall–Kier alpha value is -2.86. The predicted molar refractivity (Wildman–Crippen MR) is 113 cm³/mol. The minimum Gasteiger partial charge on any atom is -0.443 e. The van der Waals surface area contributed by atoms with E-state index in [-0.39, 0.29) is 5.91 Å². The highest BCUT2D eigenvalue weighted by Gasteiger charge is 2.27. The second-order valence-corrected chi connectivity index (χ2v) is 7.75. The first-order valence-corrected chi connectivity index (χ1v) is 10.2. The molecule has 1 aromatic carbocycles. The van der Waals surface area contributed by atoms with Crippen LogP contribution < -0.4 is 0 Å². The summed E-state index contributed by atoms with van der Waals surface area (Å²) in [4.78, 5) is 21.6. The molecule has 2 aromatic heterocycles. The van der Waals surface area contributed by atoms with Crippen molar-refractivity contribution in [1.29, 1.82) is 0 Å². The number of benzene rings is 1. The zero-order valence-corrected chi connectivity index (χ0v) is 17.4. The van der Waals surface area contributed by atoms with Gasteiger partial charge in [-0.2, -0.15) is 0 Å². The third kappa shape index (κ3) is 3.98. The molecular weight excluding hydrogens is 364 g/mol. The summed E-state index contributed by atoms with van der Waals surface area (Å²) in [6.45, 7) is 11.5. The second-order valence-electron chi connectivity index (χ2n) is 7.75. The lowest BCUT2D eigenvalue weighted by molar-refractivity contribution is 0.0628. The summed E-state index contributed by atoms with van der Waals surface area (Å²) in [5.41, 5.74) is 4.99. The van der Waals surface area contributed by atoms with Crippen LogP contribution in [-0.2, 0) is 6.54 Å². The van der Waals surface area contributed by atoms with Gasteiger partial charge in [-0.3, -0.25) is 9.69 Å². The van der Waals surface area contributed by atoms with E-state index in [9.17, 15) is 4.79 Å². The lowest BCUT2D eigenvalue weighted by atomic mass is 10.0. The van der Waals surface area contributed by atoms with Crippen LogP contribution in [0.25, 0.3) is 11.3 Å². The predicted octanol–water partition coefficient (Wildman–Crippen LogP) is 3.53. The molecule has 1 amide bonds. The fraction of sp³-hybridized carbons (Fsp3) is 0.391. The van der Waals surface area contributed by atoms with Gasteiger partial charge in [-0.1, -0.05) is 24.3 Å². The van der Waals surface area contributed by atoms with Gasteiger partial charge in [-0.05, 0) is 38.5 Å². The van der Waals surface area contributed by atoms with Crippen molar-refractivity contribution in [1.82, 2.24) is 19.4 Å². The normalized spacial score (nSPS) is 15.1. The van der Waals surface area contributed by atoms with Gasteiger partial charge in [0.1, 0.15) is 0 Å². The fourth-order valence-corrected chi connectivity index (χ4v) is 4.04. The molecule has 1 fully saturated rings. The van der Waals surface area contributed by atoms with Gasteiger partial charge in [-0.15, -0.1) is 0 Å². The number of rotatable bonds is 5. The lowest BCUT2D eigenvalue weighted by Crippen LogP contribution is -2.49. The number of piperazine rings is 1. The third-order valence-electron chi connectivity index (χ3n) is 5.88. The smallest absolute Gasteiger partial charge is 0.276 e. The fourth-order valence-electron chi connectivity index (χ4n) is 4.04. The molecular formula is C23H28N4O2. The molecule has 0 saturated carbocycles. The third-order valence-corrected chi connectivity index (χ3v) is 5.88. The van der Waals surface area contributed by atoms with Crippen LogP contribution in [0.15, 0.2) is 47.2 Å². The highest BCUT2D eigenvalue weighted by Crippen LogP contribution is 2.27. The van der Waals surface area contributed by atoms with E-state index in [1.165, 1.54) is 17.8 Å². The molecule has 1 saturated heterocycles. The number of hydrogen-bond acceptors (Lipinski definition) is 4. The Morgan fingerprint density at radius 2 is 1.66 bits per heavy atom. The van der Waals surface area contributed by atoms with Crippen LogP contribution in [-0.4, -0.2) is 58.0 Å². The number of nitrogens with zero attached hydrogens (tertiary/aromatic N) is 4. The number of carbonyl (C=O) groups excluding carboxylic acids is 1. The van der Waals surface area contributed by atoms with Crippen molar-refractivity contribution in [3.8, 4) is 11.3 Å². The maximum absolute atomic E-state index is 13.1. The summed E-state index contributed by atoms with van der Waals surface area (Å²) in [6, 6.07) is 12.2.